The normalized spacial score (nSPS) is 11.8. The third-order valence-electron chi connectivity index (χ3n) is 2.04. The molecular formula is C10H10ClF3N4. The van der Waals surface area contributed by atoms with Crippen molar-refractivity contribution in [2.75, 3.05) is 0 Å². The number of guanidine groups is 1. The highest BCUT2D eigenvalue weighted by atomic mass is 35.5. The number of nitrogens with two attached hydrogens (primary N) is 1. The van der Waals surface area contributed by atoms with Crippen molar-refractivity contribution >= 4 is 23.8 Å². The van der Waals surface area contributed by atoms with Crippen molar-refractivity contribution in [2.45, 2.75) is 13.1 Å². The molecule has 0 fully saturated rings. The van der Waals surface area contributed by atoms with Crippen molar-refractivity contribution in [1.82, 2.24) is 5.43 Å². The third kappa shape index (κ3) is 3.36. The Hall–Kier alpha value is -1.76. The molecule has 0 heterocycles. The molecule has 4 N–H and O–H groups in total. The maximum Gasteiger partial charge on any atom is 0.418 e. The molecule has 98 valence electrons. The molecule has 18 heavy (non-hydrogen) atoms. The van der Waals surface area contributed by atoms with Crippen molar-refractivity contribution in [2.24, 2.45) is 10.8 Å². The van der Waals surface area contributed by atoms with Gasteiger partial charge in [0.2, 0.25) is 5.96 Å². The molecule has 0 unspecified atom stereocenters. The SMILES string of the molecule is Cc1ccc(/C=N/NC(=N)N)c(C(F)(F)F)c1Cl. The summed E-state index contributed by atoms with van der Waals surface area (Å²) in [7, 11) is 0. The number of alkyl halides is 3. The van der Waals surface area contributed by atoms with Crippen molar-refractivity contribution in [3.63, 3.8) is 0 Å². The van der Waals surface area contributed by atoms with Crippen LogP contribution in [0, 0.1) is 12.3 Å². The van der Waals surface area contributed by atoms with E-state index in [2.05, 4.69) is 5.10 Å². The summed E-state index contributed by atoms with van der Waals surface area (Å²) in [5, 5.41) is 9.85. The minimum absolute atomic E-state index is 0.202. The second-order valence-corrected chi connectivity index (χ2v) is 3.82. The average Bonchev–Trinajstić information content (AvgIpc) is 2.21. The van der Waals surface area contributed by atoms with Gasteiger partial charge in [-0.3, -0.25) is 5.41 Å². The first kappa shape index (κ1) is 14.3. The van der Waals surface area contributed by atoms with Gasteiger partial charge in [-0.05, 0) is 12.5 Å². The second-order valence-electron chi connectivity index (χ2n) is 3.44. The van der Waals surface area contributed by atoms with E-state index in [1.54, 1.807) is 0 Å². The number of hydrazone groups is 1. The van der Waals surface area contributed by atoms with Gasteiger partial charge in [0.25, 0.3) is 0 Å². The molecule has 1 rings (SSSR count). The van der Waals surface area contributed by atoms with Gasteiger partial charge < -0.3 is 5.73 Å². The zero-order valence-electron chi connectivity index (χ0n) is 9.27. The fourth-order valence-corrected chi connectivity index (χ4v) is 1.54. The van der Waals surface area contributed by atoms with E-state index in [9.17, 15) is 13.2 Å². The van der Waals surface area contributed by atoms with Crippen LogP contribution in [0.25, 0.3) is 0 Å². The minimum atomic E-state index is -4.58. The molecule has 0 bridgehead atoms. The molecule has 0 saturated carbocycles. The number of halogens is 4. The Bertz CT molecular complexity index is 497. The molecule has 4 nitrogen and oxygen atoms in total. The van der Waals surface area contributed by atoms with E-state index >= 15 is 0 Å². The van der Waals surface area contributed by atoms with E-state index in [-0.39, 0.29) is 10.6 Å². The van der Waals surface area contributed by atoms with Crippen molar-refractivity contribution in [3.05, 3.63) is 33.8 Å². The summed E-state index contributed by atoms with van der Waals surface area (Å²) in [5.74, 6) is -0.474. The molecule has 8 heteroatoms. The first-order valence-corrected chi connectivity index (χ1v) is 5.10. The highest BCUT2D eigenvalue weighted by Crippen LogP contribution is 2.38. The van der Waals surface area contributed by atoms with Crippen LogP contribution in [0.5, 0.6) is 0 Å². The number of hydrogen-bond acceptors (Lipinski definition) is 2. The molecule has 0 saturated heterocycles. The van der Waals surface area contributed by atoms with Crippen molar-refractivity contribution in [1.29, 1.82) is 5.41 Å². The summed E-state index contributed by atoms with van der Waals surface area (Å²) in [6.07, 6.45) is -3.67. The molecule has 0 spiro atoms. The molecule has 0 radical (unpaired) electrons. The predicted octanol–water partition coefficient (Wildman–Crippen LogP) is 2.48. The molecule has 0 aliphatic carbocycles. The molecular weight excluding hydrogens is 269 g/mol. The van der Waals surface area contributed by atoms with E-state index in [1.165, 1.54) is 19.1 Å². The monoisotopic (exact) mass is 278 g/mol. The van der Waals surface area contributed by atoms with Crippen LogP contribution in [-0.4, -0.2) is 12.2 Å². The van der Waals surface area contributed by atoms with E-state index in [0.29, 0.717) is 5.56 Å². The highest BCUT2D eigenvalue weighted by molar-refractivity contribution is 6.32. The van der Waals surface area contributed by atoms with E-state index < -0.39 is 17.7 Å². The Morgan fingerprint density at radius 1 is 1.50 bits per heavy atom. The number of aryl methyl sites for hydroxylation is 1. The molecule has 0 aromatic heterocycles. The van der Waals surface area contributed by atoms with Gasteiger partial charge in [-0.25, -0.2) is 5.43 Å². The molecule has 1 aromatic rings. The first-order chi connectivity index (χ1) is 8.23. The molecule has 0 aliphatic heterocycles. The fraction of sp³-hybridized carbons (Fsp3) is 0.200. The van der Waals surface area contributed by atoms with Crippen LogP contribution in [0.1, 0.15) is 16.7 Å². The van der Waals surface area contributed by atoms with Gasteiger partial charge in [0.05, 0.1) is 16.8 Å². The van der Waals surface area contributed by atoms with Gasteiger partial charge in [-0.1, -0.05) is 23.7 Å². The Balaban J connectivity index is 3.24. The van der Waals surface area contributed by atoms with Crippen LogP contribution < -0.4 is 11.2 Å². The summed E-state index contributed by atoms with van der Waals surface area (Å²) in [6.45, 7) is 1.48. The van der Waals surface area contributed by atoms with Gasteiger partial charge in [0, 0.05) is 5.56 Å². The smallest absolute Gasteiger partial charge is 0.369 e. The highest BCUT2D eigenvalue weighted by Gasteiger charge is 2.36. The van der Waals surface area contributed by atoms with Gasteiger partial charge in [0.1, 0.15) is 0 Å². The Kier molecular flexibility index (Phi) is 4.18. The van der Waals surface area contributed by atoms with E-state index in [4.69, 9.17) is 22.7 Å². The largest absolute Gasteiger partial charge is 0.418 e. The lowest BCUT2D eigenvalue weighted by molar-refractivity contribution is -0.137. The van der Waals surface area contributed by atoms with Gasteiger partial charge >= 0.3 is 6.18 Å². The summed E-state index contributed by atoms with van der Waals surface area (Å²) in [6, 6.07) is 2.70. The lowest BCUT2D eigenvalue weighted by Gasteiger charge is -2.13. The molecule has 1 aromatic carbocycles. The maximum absolute atomic E-state index is 12.8. The average molecular weight is 279 g/mol. The summed E-state index contributed by atoms with van der Waals surface area (Å²) >= 11 is 5.66. The first-order valence-electron chi connectivity index (χ1n) is 4.73. The van der Waals surface area contributed by atoms with E-state index in [1.807, 2.05) is 5.43 Å². The zero-order valence-corrected chi connectivity index (χ0v) is 10.0. The maximum atomic E-state index is 12.8. The van der Waals surface area contributed by atoms with Crippen LogP contribution in [0.4, 0.5) is 13.2 Å². The molecule has 0 atom stereocenters. The van der Waals surface area contributed by atoms with Gasteiger partial charge in [-0.2, -0.15) is 18.3 Å². The molecule has 0 amide bonds. The van der Waals surface area contributed by atoms with Crippen molar-refractivity contribution < 1.29 is 13.2 Å². The summed E-state index contributed by atoms with van der Waals surface area (Å²) in [5.41, 5.74) is 6.13. The Labute approximate surface area is 106 Å². The van der Waals surface area contributed by atoms with E-state index in [0.717, 1.165) is 6.21 Å². The minimum Gasteiger partial charge on any atom is -0.369 e. The lowest BCUT2D eigenvalue weighted by atomic mass is 10.0. The van der Waals surface area contributed by atoms with Crippen molar-refractivity contribution in [3.8, 4) is 0 Å². The summed E-state index contributed by atoms with van der Waals surface area (Å²) < 4.78 is 38.5. The van der Waals surface area contributed by atoms with Crippen LogP contribution in [0.15, 0.2) is 17.2 Å². The lowest BCUT2D eigenvalue weighted by Crippen LogP contribution is -2.25. The topological polar surface area (TPSA) is 74.3 Å². The number of nitrogens with one attached hydrogen (secondary N) is 2. The second kappa shape index (κ2) is 5.26. The number of hydrogen-bond donors (Lipinski definition) is 3. The van der Waals surface area contributed by atoms with Gasteiger partial charge in [-0.15, -0.1) is 0 Å². The number of nitrogens with zero attached hydrogens (tertiary/aromatic N) is 1. The standard InChI is InChI=1S/C10H10ClF3N4/c1-5-2-3-6(4-17-18-9(15)16)7(8(5)11)10(12,13)14/h2-4H,1H3,(H4,15,16,18)/b17-4+. The Morgan fingerprint density at radius 2 is 2.11 bits per heavy atom. The molecule has 0 aliphatic rings. The number of benzene rings is 1. The third-order valence-corrected chi connectivity index (χ3v) is 2.53. The summed E-state index contributed by atoms with van der Waals surface area (Å²) in [4.78, 5) is 0. The van der Waals surface area contributed by atoms with Gasteiger partial charge in [0.15, 0.2) is 0 Å². The number of rotatable bonds is 2. The quantitative estimate of drug-likeness (QED) is 0.442. The fourth-order valence-electron chi connectivity index (χ4n) is 1.26. The zero-order chi connectivity index (χ0) is 13.9. The predicted molar refractivity (Wildman–Crippen MR) is 63.8 cm³/mol. The Morgan fingerprint density at radius 3 is 2.61 bits per heavy atom. The van der Waals surface area contributed by atoms with Crippen LogP contribution in [0.3, 0.4) is 0 Å². The van der Waals surface area contributed by atoms with Crippen LogP contribution in [0.2, 0.25) is 5.02 Å². The van der Waals surface area contributed by atoms with Crippen LogP contribution >= 0.6 is 11.6 Å². The van der Waals surface area contributed by atoms with Crippen LogP contribution in [-0.2, 0) is 6.18 Å².